The molecule has 1 saturated carbocycles. The van der Waals surface area contributed by atoms with Gasteiger partial charge in [-0.05, 0) is 67.6 Å². The van der Waals surface area contributed by atoms with Gasteiger partial charge in [0.2, 0.25) is 0 Å². The number of nitrogens with zero attached hydrogens (tertiary/aromatic N) is 3. The zero-order valence-electron chi connectivity index (χ0n) is 14.8. The van der Waals surface area contributed by atoms with Gasteiger partial charge in [0.05, 0.1) is 22.7 Å². The van der Waals surface area contributed by atoms with E-state index >= 15 is 0 Å². The van der Waals surface area contributed by atoms with Crippen LogP contribution >= 0.6 is 0 Å². The standard InChI is InChI=1S/C22H22N4/c23-15-16-2-4-17(5-3-16)18-6-7-19-20(14-18)25-21(24-19)8-13-26-12-1-9-22(26)10-11-22/h2-7,14H,1,8-13H2,(H,24,25). The molecule has 2 heterocycles. The number of likely N-dealkylation sites (tertiary alicyclic amines) is 1. The summed E-state index contributed by atoms with van der Waals surface area (Å²) in [4.78, 5) is 11.0. The molecule has 1 saturated heterocycles. The van der Waals surface area contributed by atoms with E-state index in [2.05, 4.69) is 34.2 Å². The molecule has 1 aliphatic heterocycles. The summed E-state index contributed by atoms with van der Waals surface area (Å²) in [7, 11) is 0. The summed E-state index contributed by atoms with van der Waals surface area (Å²) in [5.41, 5.74) is 5.64. The van der Waals surface area contributed by atoms with Crippen molar-refractivity contribution in [3.63, 3.8) is 0 Å². The molecule has 0 unspecified atom stereocenters. The number of hydrogen-bond donors (Lipinski definition) is 1. The van der Waals surface area contributed by atoms with Crippen molar-refractivity contribution in [1.82, 2.24) is 14.9 Å². The maximum Gasteiger partial charge on any atom is 0.108 e. The van der Waals surface area contributed by atoms with Crippen LogP contribution < -0.4 is 0 Å². The Hall–Kier alpha value is -2.64. The molecular formula is C22H22N4. The number of benzene rings is 2. The molecule has 0 atom stereocenters. The van der Waals surface area contributed by atoms with E-state index in [1.807, 2.05) is 24.3 Å². The molecule has 0 amide bonds. The summed E-state index contributed by atoms with van der Waals surface area (Å²) in [5, 5.41) is 8.94. The Morgan fingerprint density at radius 3 is 2.65 bits per heavy atom. The zero-order valence-corrected chi connectivity index (χ0v) is 14.8. The zero-order chi connectivity index (χ0) is 17.6. The van der Waals surface area contributed by atoms with E-state index in [9.17, 15) is 0 Å². The monoisotopic (exact) mass is 342 g/mol. The lowest BCUT2D eigenvalue weighted by Gasteiger charge is -2.23. The van der Waals surface area contributed by atoms with E-state index in [1.54, 1.807) is 0 Å². The molecule has 2 aromatic carbocycles. The molecule has 26 heavy (non-hydrogen) atoms. The van der Waals surface area contributed by atoms with Crippen LogP contribution in [-0.2, 0) is 6.42 Å². The number of hydrogen-bond acceptors (Lipinski definition) is 3. The van der Waals surface area contributed by atoms with Crippen LogP contribution in [-0.4, -0.2) is 33.5 Å². The SMILES string of the molecule is N#Cc1ccc(-c2ccc3nc(CCN4CCCC45CC5)[nH]c3c2)cc1. The number of fused-ring (bicyclic) bond motifs is 1. The van der Waals surface area contributed by atoms with Gasteiger partial charge in [0, 0.05) is 18.5 Å². The molecule has 2 fully saturated rings. The second kappa shape index (κ2) is 5.96. The lowest BCUT2D eigenvalue weighted by molar-refractivity contribution is 0.237. The van der Waals surface area contributed by atoms with Crippen molar-refractivity contribution in [1.29, 1.82) is 5.26 Å². The fourth-order valence-corrected chi connectivity index (χ4v) is 4.39. The fraction of sp³-hybridized carbons (Fsp3) is 0.364. The van der Waals surface area contributed by atoms with Crippen LogP contribution in [0.4, 0.5) is 0 Å². The Labute approximate surface area is 153 Å². The van der Waals surface area contributed by atoms with E-state index in [-0.39, 0.29) is 0 Å². The van der Waals surface area contributed by atoms with Crippen LogP contribution in [0, 0.1) is 11.3 Å². The molecule has 3 aromatic rings. The predicted molar refractivity (Wildman–Crippen MR) is 103 cm³/mol. The molecule has 4 heteroatoms. The second-order valence-electron chi connectivity index (χ2n) is 7.67. The molecule has 1 N–H and O–H groups in total. The first kappa shape index (κ1) is 15.6. The molecule has 0 radical (unpaired) electrons. The quantitative estimate of drug-likeness (QED) is 0.770. The number of H-pyrrole nitrogens is 1. The van der Waals surface area contributed by atoms with Gasteiger partial charge in [0.15, 0.2) is 0 Å². The van der Waals surface area contributed by atoms with Crippen molar-refractivity contribution in [2.45, 2.75) is 37.6 Å². The van der Waals surface area contributed by atoms with Crippen molar-refractivity contribution in [3.05, 3.63) is 53.9 Å². The normalized spacial score (nSPS) is 18.4. The minimum Gasteiger partial charge on any atom is -0.342 e. The van der Waals surface area contributed by atoms with Gasteiger partial charge in [-0.2, -0.15) is 5.26 Å². The first-order valence-electron chi connectivity index (χ1n) is 9.50. The van der Waals surface area contributed by atoms with E-state index in [0.717, 1.165) is 41.0 Å². The Morgan fingerprint density at radius 2 is 1.88 bits per heavy atom. The molecule has 0 bridgehead atoms. The molecule has 130 valence electrons. The summed E-state index contributed by atoms with van der Waals surface area (Å²) in [6.45, 7) is 2.37. The maximum absolute atomic E-state index is 8.94. The highest BCUT2D eigenvalue weighted by atomic mass is 15.2. The van der Waals surface area contributed by atoms with Gasteiger partial charge in [-0.1, -0.05) is 18.2 Å². The number of nitriles is 1. The first-order valence-corrected chi connectivity index (χ1v) is 9.50. The number of aromatic amines is 1. The molecule has 1 aromatic heterocycles. The average Bonchev–Trinajstić information content (AvgIpc) is 3.17. The van der Waals surface area contributed by atoms with Crippen LogP contribution in [0.2, 0.25) is 0 Å². The van der Waals surface area contributed by atoms with Crippen molar-refractivity contribution in [2.75, 3.05) is 13.1 Å². The maximum atomic E-state index is 8.94. The van der Waals surface area contributed by atoms with Crippen LogP contribution in [0.5, 0.6) is 0 Å². The third-order valence-corrected chi connectivity index (χ3v) is 6.06. The lowest BCUT2D eigenvalue weighted by Crippen LogP contribution is -2.33. The van der Waals surface area contributed by atoms with Gasteiger partial charge in [0.25, 0.3) is 0 Å². The second-order valence-corrected chi connectivity index (χ2v) is 7.67. The van der Waals surface area contributed by atoms with Gasteiger partial charge >= 0.3 is 0 Å². The highest BCUT2D eigenvalue weighted by molar-refractivity contribution is 5.82. The smallest absolute Gasteiger partial charge is 0.108 e. The highest BCUT2D eigenvalue weighted by Crippen LogP contribution is 2.49. The van der Waals surface area contributed by atoms with Crippen LogP contribution in [0.15, 0.2) is 42.5 Å². The van der Waals surface area contributed by atoms with E-state index in [1.165, 1.54) is 32.2 Å². The summed E-state index contributed by atoms with van der Waals surface area (Å²) >= 11 is 0. The fourth-order valence-electron chi connectivity index (χ4n) is 4.39. The van der Waals surface area contributed by atoms with Gasteiger partial charge in [-0.25, -0.2) is 4.98 Å². The van der Waals surface area contributed by atoms with Crippen molar-refractivity contribution >= 4 is 11.0 Å². The van der Waals surface area contributed by atoms with Crippen LogP contribution in [0.1, 0.15) is 37.1 Å². The predicted octanol–water partition coefficient (Wildman–Crippen LogP) is 4.27. The van der Waals surface area contributed by atoms with Crippen molar-refractivity contribution < 1.29 is 0 Å². The number of nitrogens with one attached hydrogen (secondary N) is 1. The van der Waals surface area contributed by atoms with Gasteiger partial charge in [-0.3, -0.25) is 4.90 Å². The molecule has 4 nitrogen and oxygen atoms in total. The largest absolute Gasteiger partial charge is 0.342 e. The summed E-state index contributed by atoms with van der Waals surface area (Å²) in [6, 6.07) is 16.2. The van der Waals surface area contributed by atoms with E-state index < -0.39 is 0 Å². The minimum atomic E-state index is 0.564. The average molecular weight is 342 g/mol. The number of imidazole rings is 1. The molecule has 2 aliphatic rings. The Kier molecular flexibility index (Phi) is 3.58. The van der Waals surface area contributed by atoms with Gasteiger partial charge in [0.1, 0.15) is 5.82 Å². The molecule has 1 spiro atoms. The Morgan fingerprint density at radius 1 is 1.08 bits per heavy atom. The van der Waals surface area contributed by atoms with Gasteiger partial charge < -0.3 is 4.98 Å². The molecule has 5 rings (SSSR count). The van der Waals surface area contributed by atoms with Crippen molar-refractivity contribution in [2.24, 2.45) is 0 Å². The van der Waals surface area contributed by atoms with Crippen LogP contribution in [0.25, 0.3) is 22.2 Å². The summed E-state index contributed by atoms with van der Waals surface area (Å²) in [5.74, 6) is 1.08. The molecule has 1 aliphatic carbocycles. The van der Waals surface area contributed by atoms with E-state index in [4.69, 9.17) is 10.2 Å². The topological polar surface area (TPSA) is 55.7 Å². The lowest BCUT2D eigenvalue weighted by atomic mass is 10.0. The molecular weight excluding hydrogens is 320 g/mol. The first-order chi connectivity index (χ1) is 12.8. The van der Waals surface area contributed by atoms with Crippen LogP contribution in [0.3, 0.4) is 0 Å². The summed E-state index contributed by atoms with van der Waals surface area (Å²) < 4.78 is 0. The Balaban J connectivity index is 1.35. The van der Waals surface area contributed by atoms with Crippen molar-refractivity contribution in [3.8, 4) is 17.2 Å². The third-order valence-electron chi connectivity index (χ3n) is 6.06. The summed E-state index contributed by atoms with van der Waals surface area (Å²) in [6.07, 6.45) is 6.51. The number of aromatic nitrogens is 2. The highest BCUT2D eigenvalue weighted by Gasteiger charge is 2.50. The van der Waals surface area contributed by atoms with E-state index in [0.29, 0.717) is 11.1 Å². The van der Waals surface area contributed by atoms with Gasteiger partial charge in [-0.15, -0.1) is 0 Å². The number of rotatable bonds is 4. The minimum absolute atomic E-state index is 0.564. The Bertz CT molecular complexity index is 989. The third kappa shape index (κ3) is 2.69.